The standard InChI is InChI=1S/C21H26ClNO/c1-17(16-23-13-5-6-14-23)21(24,15-18-7-3-2-4-8-18)19-9-11-20(22)12-10-19/h2-4,7-12,17,24H,5-6,13-16H2,1H3/t17-,21-/m0/s1. The lowest BCUT2D eigenvalue weighted by Gasteiger charge is -2.37. The largest absolute Gasteiger partial charge is 0.384 e. The minimum Gasteiger partial charge on any atom is -0.384 e. The molecule has 24 heavy (non-hydrogen) atoms. The molecule has 1 fully saturated rings. The van der Waals surface area contributed by atoms with Crippen molar-refractivity contribution in [2.75, 3.05) is 19.6 Å². The molecule has 3 rings (SSSR count). The molecule has 1 aliphatic heterocycles. The Kier molecular flexibility index (Phi) is 5.60. The van der Waals surface area contributed by atoms with Crippen LogP contribution in [0.4, 0.5) is 0 Å². The number of rotatable bonds is 6. The van der Waals surface area contributed by atoms with Gasteiger partial charge in [-0.25, -0.2) is 0 Å². The van der Waals surface area contributed by atoms with Crippen molar-refractivity contribution in [1.29, 1.82) is 0 Å². The normalized spacial score (nSPS) is 19.1. The number of hydrogen-bond acceptors (Lipinski definition) is 2. The van der Waals surface area contributed by atoms with Crippen LogP contribution < -0.4 is 0 Å². The molecule has 128 valence electrons. The van der Waals surface area contributed by atoms with E-state index in [1.54, 1.807) is 0 Å². The summed E-state index contributed by atoms with van der Waals surface area (Å²) in [6.45, 7) is 5.38. The predicted molar refractivity (Wildman–Crippen MR) is 100 cm³/mol. The van der Waals surface area contributed by atoms with Crippen molar-refractivity contribution in [3.8, 4) is 0 Å². The summed E-state index contributed by atoms with van der Waals surface area (Å²) in [5, 5.41) is 12.4. The molecule has 0 bridgehead atoms. The molecule has 3 heteroatoms. The highest BCUT2D eigenvalue weighted by Gasteiger charge is 2.37. The van der Waals surface area contributed by atoms with E-state index in [0.717, 1.165) is 30.8 Å². The molecule has 2 aromatic carbocycles. The Morgan fingerprint density at radius 3 is 2.29 bits per heavy atom. The van der Waals surface area contributed by atoms with Gasteiger partial charge in [-0.3, -0.25) is 0 Å². The highest BCUT2D eigenvalue weighted by Crippen LogP contribution is 2.35. The number of aliphatic hydroxyl groups is 1. The topological polar surface area (TPSA) is 23.5 Å². The molecule has 0 amide bonds. The van der Waals surface area contributed by atoms with Crippen molar-refractivity contribution in [3.63, 3.8) is 0 Å². The third-order valence-corrected chi connectivity index (χ3v) is 5.46. The molecule has 1 N–H and O–H groups in total. The van der Waals surface area contributed by atoms with Crippen LogP contribution in [-0.4, -0.2) is 29.6 Å². The summed E-state index contributed by atoms with van der Waals surface area (Å²) in [5.74, 6) is 0.136. The smallest absolute Gasteiger partial charge is 0.0974 e. The average molecular weight is 344 g/mol. The molecular formula is C21H26ClNO. The van der Waals surface area contributed by atoms with E-state index in [1.807, 2.05) is 42.5 Å². The van der Waals surface area contributed by atoms with Crippen LogP contribution in [0.15, 0.2) is 54.6 Å². The molecule has 0 aromatic heterocycles. The summed E-state index contributed by atoms with van der Waals surface area (Å²) in [4.78, 5) is 2.47. The molecule has 0 radical (unpaired) electrons. The Balaban J connectivity index is 1.88. The van der Waals surface area contributed by atoms with Crippen LogP contribution in [0.25, 0.3) is 0 Å². The Hall–Kier alpha value is -1.35. The summed E-state index contributed by atoms with van der Waals surface area (Å²) in [6.07, 6.45) is 3.15. The van der Waals surface area contributed by atoms with E-state index in [0.29, 0.717) is 11.4 Å². The second-order valence-electron chi connectivity index (χ2n) is 7.00. The molecule has 0 aliphatic carbocycles. The van der Waals surface area contributed by atoms with Crippen LogP contribution in [0.1, 0.15) is 30.9 Å². The minimum absolute atomic E-state index is 0.136. The summed E-state index contributed by atoms with van der Waals surface area (Å²) in [7, 11) is 0. The molecule has 0 unspecified atom stereocenters. The lowest BCUT2D eigenvalue weighted by molar-refractivity contribution is -0.0277. The summed E-state index contributed by atoms with van der Waals surface area (Å²) < 4.78 is 0. The van der Waals surface area contributed by atoms with Crippen molar-refractivity contribution < 1.29 is 5.11 Å². The zero-order valence-electron chi connectivity index (χ0n) is 14.3. The number of likely N-dealkylation sites (tertiary alicyclic amines) is 1. The molecule has 1 aliphatic rings. The Morgan fingerprint density at radius 1 is 1.04 bits per heavy atom. The van der Waals surface area contributed by atoms with Gasteiger partial charge in [0.15, 0.2) is 0 Å². The fourth-order valence-electron chi connectivity index (χ4n) is 3.71. The third-order valence-electron chi connectivity index (χ3n) is 5.21. The van der Waals surface area contributed by atoms with Crippen molar-refractivity contribution in [2.45, 2.75) is 31.8 Å². The van der Waals surface area contributed by atoms with Gasteiger partial charge in [0, 0.05) is 23.9 Å². The highest BCUT2D eigenvalue weighted by molar-refractivity contribution is 6.30. The van der Waals surface area contributed by atoms with Gasteiger partial charge in [-0.05, 0) is 49.2 Å². The van der Waals surface area contributed by atoms with Crippen molar-refractivity contribution in [1.82, 2.24) is 4.90 Å². The number of halogens is 1. The summed E-state index contributed by atoms with van der Waals surface area (Å²) in [6, 6.07) is 17.9. The summed E-state index contributed by atoms with van der Waals surface area (Å²) in [5.41, 5.74) is 1.21. The zero-order valence-corrected chi connectivity index (χ0v) is 15.0. The second kappa shape index (κ2) is 7.69. The van der Waals surface area contributed by atoms with Gasteiger partial charge in [0.05, 0.1) is 5.60 Å². The van der Waals surface area contributed by atoms with Crippen LogP contribution in [-0.2, 0) is 12.0 Å². The van der Waals surface area contributed by atoms with E-state index in [1.165, 1.54) is 12.8 Å². The van der Waals surface area contributed by atoms with Gasteiger partial charge in [-0.2, -0.15) is 0 Å². The molecular weight excluding hydrogens is 318 g/mol. The van der Waals surface area contributed by atoms with Gasteiger partial charge >= 0.3 is 0 Å². The molecule has 0 saturated carbocycles. The molecule has 1 saturated heterocycles. The quantitative estimate of drug-likeness (QED) is 0.834. The highest BCUT2D eigenvalue weighted by atomic mass is 35.5. The fourth-order valence-corrected chi connectivity index (χ4v) is 3.84. The molecule has 1 heterocycles. The second-order valence-corrected chi connectivity index (χ2v) is 7.44. The maximum absolute atomic E-state index is 11.7. The van der Waals surface area contributed by atoms with E-state index in [9.17, 15) is 5.11 Å². The van der Waals surface area contributed by atoms with Gasteiger partial charge in [0.2, 0.25) is 0 Å². The van der Waals surface area contributed by atoms with Crippen LogP contribution in [0, 0.1) is 5.92 Å². The maximum atomic E-state index is 11.7. The first-order chi connectivity index (χ1) is 11.6. The van der Waals surface area contributed by atoms with Gasteiger partial charge in [0.1, 0.15) is 0 Å². The van der Waals surface area contributed by atoms with Crippen LogP contribution in [0.3, 0.4) is 0 Å². The van der Waals surface area contributed by atoms with Gasteiger partial charge < -0.3 is 10.0 Å². The zero-order chi connectivity index (χ0) is 17.0. The first-order valence-corrected chi connectivity index (χ1v) is 9.20. The van der Waals surface area contributed by atoms with E-state index in [4.69, 9.17) is 11.6 Å². The molecule has 2 nitrogen and oxygen atoms in total. The fraction of sp³-hybridized carbons (Fsp3) is 0.429. The van der Waals surface area contributed by atoms with Crippen LogP contribution in [0.5, 0.6) is 0 Å². The lowest BCUT2D eigenvalue weighted by atomic mass is 9.77. The Labute approximate surface area is 150 Å². The minimum atomic E-state index is -0.894. The summed E-state index contributed by atoms with van der Waals surface area (Å²) >= 11 is 6.05. The van der Waals surface area contributed by atoms with Crippen molar-refractivity contribution in [2.24, 2.45) is 5.92 Å². The predicted octanol–water partition coefficient (Wildman–Crippen LogP) is 4.50. The van der Waals surface area contributed by atoms with Gasteiger partial charge in [0.25, 0.3) is 0 Å². The average Bonchev–Trinajstić information content (AvgIpc) is 3.09. The molecule has 2 aromatic rings. The molecule has 2 atom stereocenters. The van der Waals surface area contributed by atoms with Crippen molar-refractivity contribution >= 4 is 11.6 Å². The van der Waals surface area contributed by atoms with Crippen LogP contribution in [0.2, 0.25) is 5.02 Å². The number of hydrogen-bond donors (Lipinski definition) is 1. The SMILES string of the molecule is C[C@@H](CN1CCCC1)[C@@](O)(Cc1ccccc1)c1ccc(Cl)cc1. The van der Waals surface area contributed by atoms with E-state index >= 15 is 0 Å². The van der Waals surface area contributed by atoms with E-state index < -0.39 is 5.60 Å². The first-order valence-electron chi connectivity index (χ1n) is 8.82. The van der Waals surface area contributed by atoms with E-state index in [-0.39, 0.29) is 5.92 Å². The van der Waals surface area contributed by atoms with E-state index in [2.05, 4.69) is 24.0 Å². The third kappa shape index (κ3) is 4.00. The maximum Gasteiger partial charge on any atom is 0.0974 e. The number of benzene rings is 2. The molecule has 0 spiro atoms. The van der Waals surface area contributed by atoms with Gasteiger partial charge in [-0.15, -0.1) is 0 Å². The Morgan fingerprint density at radius 2 is 1.67 bits per heavy atom. The van der Waals surface area contributed by atoms with Gasteiger partial charge in [-0.1, -0.05) is 61.0 Å². The number of nitrogens with zero attached hydrogens (tertiary/aromatic N) is 1. The van der Waals surface area contributed by atoms with Crippen LogP contribution >= 0.6 is 11.6 Å². The Bertz CT molecular complexity index is 637. The lowest BCUT2D eigenvalue weighted by Crippen LogP contribution is -2.42. The monoisotopic (exact) mass is 343 g/mol. The van der Waals surface area contributed by atoms with Crippen molar-refractivity contribution in [3.05, 3.63) is 70.7 Å². The first kappa shape index (κ1) is 17.5.